The van der Waals surface area contributed by atoms with Crippen LogP contribution in [0.1, 0.15) is 142 Å². The molecule has 0 aromatic carbocycles. The molecule has 0 unspecified atom stereocenters. The number of nitrogens with two attached hydrogens (primary N) is 1. The van der Waals surface area contributed by atoms with Crippen molar-refractivity contribution in [1.82, 2.24) is 5.32 Å². The van der Waals surface area contributed by atoms with E-state index >= 15 is 0 Å². The summed E-state index contributed by atoms with van der Waals surface area (Å²) in [6.07, 6.45) is 28.7. The molecule has 0 aromatic rings. The van der Waals surface area contributed by atoms with E-state index in [2.05, 4.69) is 24.4 Å². The van der Waals surface area contributed by atoms with Gasteiger partial charge in [0.2, 0.25) is 5.91 Å². The first-order valence-electron chi connectivity index (χ1n) is 14.0. The molecule has 0 bridgehead atoms. The maximum atomic E-state index is 12.0. The predicted octanol–water partition coefficient (Wildman–Crippen LogP) is 7.28. The van der Waals surface area contributed by atoms with Crippen LogP contribution in [0.3, 0.4) is 0 Å². The Kier molecular flexibility index (Phi) is 24.2. The van der Waals surface area contributed by atoms with E-state index in [9.17, 15) is 14.7 Å². The predicted molar refractivity (Wildman–Crippen MR) is 140 cm³/mol. The van der Waals surface area contributed by atoms with Crippen molar-refractivity contribution in [2.75, 3.05) is 6.54 Å². The lowest BCUT2D eigenvalue weighted by Gasteiger charge is -2.14. The Labute approximate surface area is 204 Å². The Bertz CT molecular complexity index is 480. The number of carboxylic acid groups (broad SMARTS) is 1. The third-order valence-corrected chi connectivity index (χ3v) is 6.25. The number of carbonyl (C=O) groups excluding carboxylic acids is 1. The van der Waals surface area contributed by atoms with Crippen LogP contribution in [-0.2, 0) is 9.59 Å². The highest BCUT2D eigenvalue weighted by Gasteiger charge is 2.18. The van der Waals surface area contributed by atoms with Gasteiger partial charge in [0.1, 0.15) is 6.04 Å². The van der Waals surface area contributed by atoms with Crippen LogP contribution in [0, 0.1) is 0 Å². The molecular formula is C28H54N2O3. The molecule has 194 valence electrons. The summed E-state index contributed by atoms with van der Waals surface area (Å²) in [5.74, 6) is -1.10. The average molecular weight is 467 g/mol. The summed E-state index contributed by atoms with van der Waals surface area (Å²) in [5.41, 5.74) is 5.44. The molecule has 0 aliphatic rings. The number of hydrogen-bond acceptors (Lipinski definition) is 3. The molecule has 0 aliphatic heterocycles. The zero-order valence-electron chi connectivity index (χ0n) is 21.6. The highest BCUT2D eigenvalue weighted by Crippen LogP contribution is 2.12. The minimum atomic E-state index is -0.954. The van der Waals surface area contributed by atoms with Gasteiger partial charge in [-0.1, -0.05) is 96.1 Å². The monoisotopic (exact) mass is 466 g/mol. The standard InChI is InChI=1S/C28H54N2O3/c1-2-3-4-5-6-7-8-9-10-11-12-13-14-15-16-17-18-19-20-24-27(31)30-26(28(32)33)23-21-22-25-29/h9-10,26H,2-8,11-25,29H2,1H3,(H,30,31)(H,32,33)/b10-9-/t26-/m0/s1. The molecular weight excluding hydrogens is 412 g/mol. The van der Waals surface area contributed by atoms with E-state index in [4.69, 9.17) is 5.73 Å². The number of hydrogen-bond donors (Lipinski definition) is 3. The third-order valence-electron chi connectivity index (χ3n) is 6.25. The van der Waals surface area contributed by atoms with Crippen LogP contribution >= 0.6 is 0 Å². The summed E-state index contributed by atoms with van der Waals surface area (Å²) >= 11 is 0. The van der Waals surface area contributed by atoms with Gasteiger partial charge in [0, 0.05) is 6.42 Å². The van der Waals surface area contributed by atoms with Gasteiger partial charge < -0.3 is 16.2 Å². The first-order chi connectivity index (χ1) is 16.1. The maximum absolute atomic E-state index is 12.0. The van der Waals surface area contributed by atoms with E-state index in [0.717, 1.165) is 32.1 Å². The lowest BCUT2D eigenvalue weighted by molar-refractivity contribution is -0.142. The van der Waals surface area contributed by atoms with Crippen molar-refractivity contribution in [3.63, 3.8) is 0 Å². The van der Waals surface area contributed by atoms with Gasteiger partial charge in [0.25, 0.3) is 0 Å². The number of nitrogens with one attached hydrogen (secondary N) is 1. The van der Waals surface area contributed by atoms with Gasteiger partial charge in [-0.25, -0.2) is 4.79 Å². The quantitative estimate of drug-likeness (QED) is 0.0973. The Balaban J connectivity index is 3.41. The van der Waals surface area contributed by atoms with Crippen LogP contribution in [0.2, 0.25) is 0 Å². The van der Waals surface area contributed by atoms with Gasteiger partial charge in [0.05, 0.1) is 0 Å². The molecule has 0 aromatic heterocycles. The Morgan fingerprint density at radius 1 is 0.727 bits per heavy atom. The SMILES string of the molecule is CCCCCCCC/C=C\CCCCCCCCCCCC(=O)N[C@@H](CCCCN)C(=O)O. The number of carboxylic acids is 1. The normalized spacial score (nSPS) is 12.3. The maximum Gasteiger partial charge on any atom is 0.326 e. The lowest BCUT2D eigenvalue weighted by Crippen LogP contribution is -2.40. The molecule has 5 heteroatoms. The van der Waals surface area contributed by atoms with Crippen molar-refractivity contribution in [1.29, 1.82) is 0 Å². The van der Waals surface area contributed by atoms with Crippen LogP contribution in [0.4, 0.5) is 0 Å². The van der Waals surface area contributed by atoms with E-state index in [-0.39, 0.29) is 5.91 Å². The minimum absolute atomic E-state index is 0.142. The summed E-state index contributed by atoms with van der Waals surface area (Å²) in [6, 6.07) is -0.778. The molecule has 0 saturated carbocycles. The first-order valence-corrected chi connectivity index (χ1v) is 14.0. The average Bonchev–Trinajstić information content (AvgIpc) is 2.80. The molecule has 0 rings (SSSR count). The summed E-state index contributed by atoms with van der Waals surface area (Å²) in [7, 11) is 0. The van der Waals surface area contributed by atoms with Crippen LogP contribution in [0.15, 0.2) is 12.2 Å². The summed E-state index contributed by atoms with van der Waals surface area (Å²) < 4.78 is 0. The van der Waals surface area contributed by atoms with Gasteiger partial charge >= 0.3 is 5.97 Å². The molecule has 0 saturated heterocycles. The van der Waals surface area contributed by atoms with Crippen molar-refractivity contribution in [2.45, 2.75) is 148 Å². The Hall–Kier alpha value is -1.36. The molecule has 0 aliphatic carbocycles. The van der Waals surface area contributed by atoms with Gasteiger partial charge in [0.15, 0.2) is 0 Å². The Morgan fingerprint density at radius 2 is 1.21 bits per heavy atom. The van der Waals surface area contributed by atoms with Crippen LogP contribution in [0.25, 0.3) is 0 Å². The number of amides is 1. The molecule has 5 nitrogen and oxygen atoms in total. The molecule has 4 N–H and O–H groups in total. The van der Waals surface area contributed by atoms with Gasteiger partial charge in [-0.2, -0.15) is 0 Å². The van der Waals surface area contributed by atoms with Crippen molar-refractivity contribution in [3.8, 4) is 0 Å². The second-order valence-electron chi connectivity index (χ2n) is 9.49. The van der Waals surface area contributed by atoms with Crippen molar-refractivity contribution >= 4 is 11.9 Å². The number of allylic oxidation sites excluding steroid dienone is 2. The van der Waals surface area contributed by atoms with Crippen LogP contribution in [0.5, 0.6) is 0 Å². The van der Waals surface area contributed by atoms with Crippen LogP contribution < -0.4 is 11.1 Å². The number of rotatable bonds is 25. The fourth-order valence-corrected chi connectivity index (χ4v) is 4.08. The van der Waals surface area contributed by atoms with Crippen molar-refractivity contribution < 1.29 is 14.7 Å². The largest absolute Gasteiger partial charge is 0.480 e. The second kappa shape index (κ2) is 25.3. The fraction of sp³-hybridized carbons (Fsp3) is 0.857. The highest BCUT2D eigenvalue weighted by atomic mass is 16.4. The second-order valence-corrected chi connectivity index (χ2v) is 9.49. The van der Waals surface area contributed by atoms with Crippen molar-refractivity contribution in [3.05, 3.63) is 12.2 Å². The zero-order chi connectivity index (χ0) is 24.4. The van der Waals surface area contributed by atoms with E-state index in [1.54, 1.807) is 0 Å². The summed E-state index contributed by atoms with van der Waals surface area (Å²) in [5, 5.41) is 11.9. The molecule has 33 heavy (non-hydrogen) atoms. The van der Waals surface area contributed by atoms with Gasteiger partial charge in [-0.15, -0.1) is 0 Å². The van der Waals surface area contributed by atoms with E-state index in [1.807, 2.05) is 0 Å². The molecule has 0 fully saturated rings. The lowest BCUT2D eigenvalue weighted by atomic mass is 10.0. The molecule has 0 radical (unpaired) electrons. The highest BCUT2D eigenvalue weighted by molar-refractivity contribution is 5.83. The zero-order valence-corrected chi connectivity index (χ0v) is 21.6. The number of carbonyl (C=O) groups is 2. The smallest absolute Gasteiger partial charge is 0.326 e. The number of unbranched alkanes of at least 4 members (excludes halogenated alkanes) is 16. The van der Waals surface area contributed by atoms with Crippen LogP contribution in [-0.4, -0.2) is 29.6 Å². The van der Waals surface area contributed by atoms with Gasteiger partial charge in [-0.3, -0.25) is 4.79 Å². The van der Waals surface area contributed by atoms with E-state index in [1.165, 1.54) is 89.9 Å². The van der Waals surface area contributed by atoms with Crippen molar-refractivity contribution in [2.24, 2.45) is 5.73 Å². The summed E-state index contributed by atoms with van der Waals surface area (Å²) in [6.45, 7) is 2.82. The topological polar surface area (TPSA) is 92.4 Å². The van der Waals surface area contributed by atoms with E-state index < -0.39 is 12.0 Å². The number of aliphatic carboxylic acids is 1. The third kappa shape index (κ3) is 23.6. The summed E-state index contributed by atoms with van der Waals surface area (Å²) in [4.78, 5) is 23.2. The molecule has 1 atom stereocenters. The minimum Gasteiger partial charge on any atom is -0.480 e. The van der Waals surface area contributed by atoms with Gasteiger partial charge in [-0.05, 0) is 57.9 Å². The first kappa shape index (κ1) is 31.6. The fourth-order valence-electron chi connectivity index (χ4n) is 4.08. The molecule has 1 amide bonds. The van der Waals surface area contributed by atoms with E-state index in [0.29, 0.717) is 19.4 Å². The molecule has 0 spiro atoms. The molecule has 0 heterocycles. The Morgan fingerprint density at radius 3 is 1.70 bits per heavy atom.